The standard InChI is InChI=1S/C51H39BN3S2/c1-33-28-40(39-31-49-50(57-48-25-15-14-24-47(48)56-49)32-43(39)53-42-22-12-10-16-34(42)2)51-46(29-33)55(44-23-13-11-17-35(44)3)45-27-26-38(30-41(45)52-51)54(36-18-6-4-7-19-36)37-20-8-5-9-21-37/h4-32,53H,1-3H3. The van der Waals surface area contributed by atoms with Crippen molar-refractivity contribution in [3.05, 3.63) is 193 Å². The predicted octanol–water partition coefficient (Wildman–Crippen LogP) is 13.5. The van der Waals surface area contributed by atoms with Crippen LogP contribution in [0.15, 0.2) is 196 Å². The maximum atomic E-state index is 3.91. The molecule has 1 radical (unpaired) electrons. The lowest BCUT2D eigenvalue weighted by Gasteiger charge is -2.37. The summed E-state index contributed by atoms with van der Waals surface area (Å²) in [5.74, 6) is 0. The van der Waals surface area contributed by atoms with Crippen LogP contribution in [0.1, 0.15) is 16.7 Å². The van der Waals surface area contributed by atoms with Gasteiger partial charge >= 0.3 is 0 Å². The molecule has 0 bridgehead atoms. The van der Waals surface area contributed by atoms with Gasteiger partial charge in [-0.3, -0.25) is 0 Å². The van der Waals surface area contributed by atoms with Gasteiger partial charge in [0.1, 0.15) is 0 Å². The van der Waals surface area contributed by atoms with E-state index in [1.165, 1.54) is 64.2 Å². The molecular formula is C51H39BN3S2. The first-order valence-corrected chi connectivity index (χ1v) is 21.0. The Hall–Kier alpha value is -6.08. The van der Waals surface area contributed by atoms with E-state index in [1.54, 1.807) is 0 Å². The van der Waals surface area contributed by atoms with Crippen molar-refractivity contribution in [1.82, 2.24) is 0 Å². The third-order valence-corrected chi connectivity index (χ3v) is 13.3. The van der Waals surface area contributed by atoms with Crippen LogP contribution in [0.2, 0.25) is 0 Å². The average molecular weight is 769 g/mol. The van der Waals surface area contributed by atoms with E-state index in [-0.39, 0.29) is 0 Å². The highest BCUT2D eigenvalue weighted by molar-refractivity contribution is 8.05. The summed E-state index contributed by atoms with van der Waals surface area (Å²) < 4.78 is 0. The second kappa shape index (κ2) is 14.8. The van der Waals surface area contributed by atoms with E-state index in [1.807, 2.05) is 23.5 Å². The SMILES string of the molecule is Cc1cc(-c2cc3c(cc2Nc2ccccc2C)Sc2ccccc2S3)c2c(c1)N(c1ccccc1C)c1ccc(N(c3ccccc3)c3ccccc3)cc1[B]2. The normalized spacial score (nSPS) is 12.4. The molecule has 3 nitrogen and oxygen atoms in total. The fraction of sp³-hybridized carbons (Fsp3) is 0.0588. The second-order valence-corrected chi connectivity index (χ2v) is 16.9. The summed E-state index contributed by atoms with van der Waals surface area (Å²) in [6.07, 6.45) is 0. The summed E-state index contributed by atoms with van der Waals surface area (Å²) >= 11 is 3.72. The lowest BCUT2D eigenvalue weighted by atomic mass is 9.58. The number of anilines is 8. The van der Waals surface area contributed by atoms with Crippen molar-refractivity contribution < 1.29 is 0 Å². The Kier molecular flexibility index (Phi) is 9.16. The van der Waals surface area contributed by atoms with Crippen molar-refractivity contribution in [2.45, 2.75) is 40.4 Å². The zero-order chi connectivity index (χ0) is 38.5. The zero-order valence-electron chi connectivity index (χ0n) is 32.0. The molecule has 57 heavy (non-hydrogen) atoms. The average Bonchev–Trinajstić information content (AvgIpc) is 3.24. The van der Waals surface area contributed by atoms with Gasteiger partial charge in [0, 0.05) is 70.6 Å². The number of para-hydroxylation sites is 4. The highest BCUT2D eigenvalue weighted by Crippen LogP contribution is 2.52. The smallest absolute Gasteiger partial charge is 0.197 e. The van der Waals surface area contributed by atoms with Gasteiger partial charge in [-0.1, -0.05) is 120 Å². The largest absolute Gasteiger partial charge is 0.355 e. The molecule has 8 aromatic carbocycles. The molecule has 10 rings (SSSR count). The number of aryl methyl sites for hydroxylation is 3. The van der Waals surface area contributed by atoms with E-state index in [4.69, 9.17) is 0 Å². The first-order valence-electron chi connectivity index (χ1n) is 19.3. The van der Waals surface area contributed by atoms with Gasteiger partial charge in [-0.15, -0.1) is 0 Å². The van der Waals surface area contributed by atoms with Crippen molar-refractivity contribution in [3.8, 4) is 11.1 Å². The molecule has 0 aromatic heterocycles. The molecule has 2 aliphatic heterocycles. The van der Waals surface area contributed by atoms with Crippen molar-refractivity contribution in [3.63, 3.8) is 0 Å². The minimum atomic E-state index is 1.10. The molecule has 0 unspecified atom stereocenters. The van der Waals surface area contributed by atoms with Crippen LogP contribution in [0, 0.1) is 20.8 Å². The molecule has 2 heterocycles. The maximum Gasteiger partial charge on any atom is 0.197 e. The van der Waals surface area contributed by atoms with Gasteiger partial charge < -0.3 is 15.1 Å². The van der Waals surface area contributed by atoms with E-state index in [2.05, 4.69) is 219 Å². The van der Waals surface area contributed by atoms with Gasteiger partial charge in [-0.25, -0.2) is 0 Å². The molecule has 273 valence electrons. The topological polar surface area (TPSA) is 18.5 Å². The quantitative estimate of drug-likeness (QED) is 0.162. The molecule has 1 N–H and O–H groups in total. The Morgan fingerprint density at radius 2 is 1.07 bits per heavy atom. The summed E-state index contributed by atoms with van der Waals surface area (Å²) in [7, 11) is 2.42. The van der Waals surface area contributed by atoms with E-state index in [0.717, 1.165) is 39.6 Å². The third-order valence-electron chi connectivity index (χ3n) is 10.8. The van der Waals surface area contributed by atoms with Crippen LogP contribution < -0.4 is 26.0 Å². The van der Waals surface area contributed by atoms with Gasteiger partial charge in [-0.2, -0.15) is 0 Å². The van der Waals surface area contributed by atoms with Crippen molar-refractivity contribution in [2.75, 3.05) is 15.1 Å². The number of nitrogens with zero attached hydrogens (tertiary/aromatic N) is 2. The van der Waals surface area contributed by atoms with E-state index >= 15 is 0 Å². The summed E-state index contributed by atoms with van der Waals surface area (Å²) in [6.45, 7) is 6.61. The molecule has 0 saturated heterocycles. The monoisotopic (exact) mass is 768 g/mol. The van der Waals surface area contributed by atoms with Crippen LogP contribution in [0.4, 0.5) is 45.5 Å². The van der Waals surface area contributed by atoms with Gasteiger partial charge in [-0.05, 0) is 133 Å². The lowest BCUT2D eigenvalue weighted by molar-refractivity contribution is 1.16. The Labute approximate surface area is 344 Å². The minimum absolute atomic E-state index is 1.10. The lowest BCUT2D eigenvalue weighted by Crippen LogP contribution is -2.41. The van der Waals surface area contributed by atoms with E-state index in [0.29, 0.717) is 0 Å². The van der Waals surface area contributed by atoms with E-state index in [9.17, 15) is 0 Å². The minimum Gasteiger partial charge on any atom is -0.355 e. The van der Waals surface area contributed by atoms with Gasteiger partial charge in [0.05, 0.1) is 0 Å². The third kappa shape index (κ3) is 6.59. The van der Waals surface area contributed by atoms with E-state index < -0.39 is 0 Å². The number of nitrogens with one attached hydrogen (secondary N) is 1. The predicted molar refractivity (Wildman–Crippen MR) is 245 cm³/mol. The molecule has 2 aliphatic rings. The fourth-order valence-corrected chi connectivity index (χ4v) is 10.3. The maximum absolute atomic E-state index is 3.91. The number of rotatable bonds is 7. The summed E-state index contributed by atoms with van der Waals surface area (Å²) in [4.78, 5) is 9.96. The van der Waals surface area contributed by atoms with Gasteiger partial charge in [0.25, 0.3) is 0 Å². The summed E-state index contributed by atoms with van der Waals surface area (Å²) in [5, 5.41) is 3.91. The summed E-state index contributed by atoms with van der Waals surface area (Å²) in [6, 6.07) is 63.8. The molecule has 0 atom stereocenters. The number of fused-ring (bicyclic) bond motifs is 4. The molecule has 0 aliphatic carbocycles. The van der Waals surface area contributed by atoms with Crippen LogP contribution in [-0.4, -0.2) is 7.28 Å². The van der Waals surface area contributed by atoms with Crippen LogP contribution >= 0.6 is 23.5 Å². The molecule has 0 saturated carbocycles. The molecule has 0 amide bonds. The van der Waals surface area contributed by atoms with Crippen LogP contribution in [0.25, 0.3) is 11.1 Å². The fourth-order valence-electron chi connectivity index (χ4n) is 8.06. The van der Waals surface area contributed by atoms with Crippen LogP contribution in [0.5, 0.6) is 0 Å². The summed E-state index contributed by atoms with van der Waals surface area (Å²) in [5.41, 5.74) is 17.4. The first-order chi connectivity index (χ1) is 28.0. The highest BCUT2D eigenvalue weighted by atomic mass is 32.2. The molecule has 0 fully saturated rings. The van der Waals surface area contributed by atoms with Crippen LogP contribution in [0.3, 0.4) is 0 Å². The highest BCUT2D eigenvalue weighted by Gasteiger charge is 2.31. The molecular weight excluding hydrogens is 730 g/mol. The first kappa shape index (κ1) is 35.3. The Morgan fingerprint density at radius 3 is 1.75 bits per heavy atom. The molecule has 8 aromatic rings. The van der Waals surface area contributed by atoms with Crippen LogP contribution in [-0.2, 0) is 0 Å². The Bertz CT molecular complexity index is 2760. The molecule has 6 heteroatoms. The van der Waals surface area contributed by atoms with Gasteiger partial charge in [0.15, 0.2) is 7.28 Å². The zero-order valence-corrected chi connectivity index (χ0v) is 33.7. The number of hydrogen-bond donors (Lipinski definition) is 1. The van der Waals surface area contributed by atoms with Crippen molar-refractivity contribution in [1.29, 1.82) is 0 Å². The Morgan fingerprint density at radius 1 is 0.456 bits per heavy atom. The van der Waals surface area contributed by atoms with Crippen molar-refractivity contribution in [2.24, 2.45) is 0 Å². The molecule has 0 spiro atoms. The van der Waals surface area contributed by atoms with Gasteiger partial charge in [0.2, 0.25) is 0 Å². The van der Waals surface area contributed by atoms with Crippen molar-refractivity contribution >= 4 is 87.2 Å². The number of benzene rings is 8. The Balaban J connectivity index is 1.19. The second-order valence-electron chi connectivity index (χ2n) is 14.7. The number of hydrogen-bond acceptors (Lipinski definition) is 5.